The van der Waals surface area contributed by atoms with Crippen LogP contribution in [0.2, 0.25) is 0 Å². The zero-order valence-corrected chi connectivity index (χ0v) is 18.0. The lowest BCUT2D eigenvalue weighted by atomic mass is 10.0. The topological polar surface area (TPSA) is 99.6 Å². The molecule has 0 saturated carbocycles. The highest BCUT2D eigenvalue weighted by molar-refractivity contribution is 6.01. The van der Waals surface area contributed by atoms with E-state index in [1.165, 1.54) is 14.1 Å². The summed E-state index contributed by atoms with van der Waals surface area (Å²) in [5, 5.41) is 0. The van der Waals surface area contributed by atoms with E-state index in [0.717, 1.165) is 14.7 Å². The molecule has 8 nitrogen and oxygen atoms in total. The summed E-state index contributed by atoms with van der Waals surface area (Å²) in [6.07, 6.45) is -4.43. The fourth-order valence-corrected chi connectivity index (χ4v) is 3.33. The van der Waals surface area contributed by atoms with Gasteiger partial charge in [0.25, 0.3) is 5.56 Å². The fraction of sp³-hybridized carbons (Fsp3) is 0.450. The molecule has 2 aromatic rings. The number of nitrogen functional groups attached to an aromatic ring is 1. The van der Waals surface area contributed by atoms with Crippen LogP contribution in [0.25, 0.3) is 0 Å². The maximum Gasteiger partial charge on any atom is 0.422 e. The van der Waals surface area contributed by atoms with Gasteiger partial charge in [0.2, 0.25) is 0 Å². The van der Waals surface area contributed by atoms with Gasteiger partial charge in [0.15, 0.2) is 12.4 Å². The molecule has 170 valence electrons. The van der Waals surface area contributed by atoms with Gasteiger partial charge in [0.05, 0.1) is 6.54 Å². The lowest BCUT2D eigenvalue weighted by Gasteiger charge is -2.19. The first kappa shape index (κ1) is 24.2. The first-order valence-corrected chi connectivity index (χ1v) is 9.29. The summed E-state index contributed by atoms with van der Waals surface area (Å²) in [4.78, 5) is 38.6. The number of anilines is 1. The van der Waals surface area contributed by atoms with Gasteiger partial charge in [-0.2, -0.15) is 13.2 Å². The third kappa shape index (κ3) is 5.54. The van der Waals surface area contributed by atoms with Crippen molar-refractivity contribution < 1.29 is 22.7 Å². The summed E-state index contributed by atoms with van der Waals surface area (Å²) < 4.78 is 44.0. The Hall–Kier alpha value is -3.08. The molecule has 0 fully saturated rings. The monoisotopic (exact) mass is 442 g/mol. The van der Waals surface area contributed by atoms with Crippen molar-refractivity contribution in [3.8, 4) is 5.75 Å². The van der Waals surface area contributed by atoms with Crippen LogP contribution in [0.1, 0.15) is 27.0 Å². The molecule has 1 aromatic carbocycles. The fourth-order valence-electron chi connectivity index (χ4n) is 3.33. The van der Waals surface area contributed by atoms with Gasteiger partial charge < -0.3 is 10.5 Å². The molecule has 11 heteroatoms. The number of carbonyl (C=O) groups excluding carboxylic acids is 1. The number of ketones is 1. The van der Waals surface area contributed by atoms with Gasteiger partial charge >= 0.3 is 11.9 Å². The van der Waals surface area contributed by atoms with Crippen molar-refractivity contribution in [1.82, 2.24) is 14.0 Å². The van der Waals surface area contributed by atoms with Crippen molar-refractivity contribution in [1.29, 1.82) is 0 Å². The predicted molar refractivity (Wildman–Crippen MR) is 109 cm³/mol. The van der Waals surface area contributed by atoms with Crippen LogP contribution in [0.4, 0.5) is 19.0 Å². The average Bonchev–Trinajstić information content (AvgIpc) is 2.63. The number of aryl methyl sites for hydroxylation is 2. The van der Waals surface area contributed by atoms with Gasteiger partial charge in [0.1, 0.15) is 17.1 Å². The quantitative estimate of drug-likeness (QED) is 0.653. The van der Waals surface area contributed by atoms with Crippen LogP contribution < -0.4 is 21.7 Å². The molecule has 1 aromatic heterocycles. The van der Waals surface area contributed by atoms with Crippen LogP contribution in [0, 0.1) is 13.8 Å². The lowest BCUT2D eigenvalue weighted by Crippen LogP contribution is -2.43. The van der Waals surface area contributed by atoms with Gasteiger partial charge in [-0.25, -0.2) is 4.79 Å². The largest absolute Gasteiger partial charge is 0.484 e. The van der Waals surface area contributed by atoms with Gasteiger partial charge in [0, 0.05) is 20.6 Å². The van der Waals surface area contributed by atoms with Crippen LogP contribution in [-0.4, -0.2) is 46.2 Å². The first-order chi connectivity index (χ1) is 14.2. The van der Waals surface area contributed by atoms with Crippen molar-refractivity contribution in [2.24, 2.45) is 14.1 Å². The second-order valence-corrected chi connectivity index (χ2v) is 7.52. The van der Waals surface area contributed by atoms with Gasteiger partial charge in [-0.15, -0.1) is 0 Å². The van der Waals surface area contributed by atoms with Crippen LogP contribution >= 0.6 is 0 Å². The Morgan fingerprint density at radius 3 is 2.19 bits per heavy atom. The highest BCUT2D eigenvalue weighted by atomic mass is 19.4. The maximum atomic E-state index is 12.7. The lowest BCUT2D eigenvalue weighted by molar-refractivity contribution is -0.153. The number of ether oxygens (including phenoxy) is 1. The first-order valence-electron chi connectivity index (χ1n) is 9.29. The van der Waals surface area contributed by atoms with Crippen molar-refractivity contribution in [2.45, 2.75) is 26.6 Å². The van der Waals surface area contributed by atoms with Gasteiger partial charge in [-0.3, -0.25) is 23.6 Å². The number of hydrogen-bond donors (Lipinski definition) is 1. The Morgan fingerprint density at radius 2 is 1.68 bits per heavy atom. The summed E-state index contributed by atoms with van der Waals surface area (Å²) >= 11 is 0. The minimum Gasteiger partial charge on any atom is -0.484 e. The van der Waals surface area contributed by atoms with Gasteiger partial charge in [-0.1, -0.05) is 12.1 Å². The van der Waals surface area contributed by atoms with E-state index in [-0.39, 0.29) is 23.7 Å². The predicted octanol–water partition coefficient (Wildman–Crippen LogP) is 1.54. The molecular formula is C20H25F3N4O4. The van der Waals surface area contributed by atoms with E-state index >= 15 is 0 Å². The smallest absolute Gasteiger partial charge is 0.422 e. The number of likely N-dealkylation sites (N-methyl/N-ethyl adjacent to an activating group) is 1. The van der Waals surface area contributed by atoms with E-state index in [1.807, 2.05) is 0 Å². The number of alkyl halides is 3. The number of benzene rings is 1. The van der Waals surface area contributed by atoms with E-state index in [0.29, 0.717) is 17.7 Å². The Bertz CT molecular complexity index is 1100. The van der Waals surface area contributed by atoms with Crippen molar-refractivity contribution in [2.75, 3.05) is 25.9 Å². The number of rotatable bonds is 7. The van der Waals surface area contributed by atoms with E-state index in [2.05, 4.69) is 0 Å². The highest BCUT2D eigenvalue weighted by Crippen LogP contribution is 2.27. The molecule has 0 aliphatic heterocycles. The molecule has 31 heavy (non-hydrogen) atoms. The summed E-state index contributed by atoms with van der Waals surface area (Å²) in [7, 11) is 4.28. The van der Waals surface area contributed by atoms with E-state index in [9.17, 15) is 27.6 Å². The highest BCUT2D eigenvalue weighted by Gasteiger charge is 2.29. The Balaban J connectivity index is 2.18. The van der Waals surface area contributed by atoms with Crippen molar-refractivity contribution in [3.05, 3.63) is 55.2 Å². The summed E-state index contributed by atoms with van der Waals surface area (Å²) in [5.41, 5.74) is 5.98. The second kappa shape index (κ2) is 8.96. The summed E-state index contributed by atoms with van der Waals surface area (Å²) in [6.45, 7) is 2.05. The molecular weight excluding hydrogens is 417 g/mol. The number of aromatic nitrogens is 2. The van der Waals surface area contributed by atoms with E-state index in [1.54, 1.807) is 37.9 Å². The zero-order chi connectivity index (χ0) is 23.7. The molecule has 2 rings (SSSR count). The average molecular weight is 442 g/mol. The SMILES string of the molecule is Cc1cc(CN(C)CC(=O)c2c(N)n(C)c(=O)n(C)c2=O)cc(C)c1OCC(F)(F)F. The Morgan fingerprint density at radius 1 is 1.13 bits per heavy atom. The van der Waals surface area contributed by atoms with Crippen LogP contribution in [0.3, 0.4) is 0 Å². The maximum absolute atomic E-state index is 12.7. The van der Waals surface area contributed by atoms with Crippen LogP contribution in [0.15, 0.2) is 21.7 Å². The van der Waals surface area contributed by atoms with Gasteiger partial charge in [-0.05, 0) is 37.6 Å². The molecule has 0 saturated heterocycles. The molecule has 0 aliphatic carbocycles. The zero-order valence-electron chi connectivity index (χ0n) is 18.0. The molecule has 1 heterocycles. The number of nitrogens with two attached hydrogens (primary N) is 1. The Labute approximate surface area is 176 Å². The Kier molecular flexibility index (Phi) is 6.99. The van der Waals surface area contributed by atoms with Crippen LogP contribution in [0.5, 0.6) is 5.75 Å². The third-order valence-electron chi connectivity index (χ3n) is 4.75. The minimum atomic E-state index is -4.43. The number of hydrogen-bond acceptors (Lipinski definition) is 6. The normalized spacial score (nSPS) is 11.8. The standard InChI is InChI=1S/C20H25F3N4O4/c1-11-6-13(7-12(2)16(11)31-10-20(21,22)23)8-25(3)9-14(28)15-17(24)26(4)19(30)27(5)18(15)29/h6-7H,8-10,24H2,1-5H3. The third-order valence-corrected chi connectivity index (χ3v) is 4.75. The molecule has 0 spiro atoms. The molecule has 0 amide bonds. The molecule has 0 aliphatic rings. The number of carbonyl (C=O) groups is 1. The molecule has 2 N–H and O–H groups in total. The minimum absolute atomic E-state index is 0.151. The summed E-state index contributed by atoms with van der Waals surface area (Å²) in [5.74, 6) is -0.583. The van der Waals surface area contributed by atoms with E-state index in [4.69, 9.17) is 10.5 Å². The van der Waals surface area contributed by atoms with Crippen molar-refractivity contribution >= 4 is 11.6 Å². The second-order valence-electron chi connectivity index (χ2n) is 7.52. The molecule has 0 radical (unpaired) electrons. The summed E-state index contributed by atoms with van der Waals surface area (Å²) in [6, 6.07) is 3.36. The van der Waals surface area contributed by atoms with Crippen molar-refractivity contribution in [3.63, 3.8) is 0 Å². The number of nitrogens with zero attached hydrogens (tertiary/aromatic N) is 3. The molecule has 0 bridgehead atoms. The number of halogens is 3. The molecule has 0 atom stereocenters. The molecule has 0 unspecified atom stereocenters. The van der Waals surface area contributed by atoms with Crippen LogP contribution in [-0.2, 0) is 20.6 Å². The van der Waals surface area contributed by atoms with E-state index < -0.39 is 29.8 Å². The number of Topliss-reactive ketones (excluding diaryl/α,β-unsaturated/α-hetero) is 1.